The second-order valence-electron chi connectivity index (χ2n) is 4.51. The van der Waals surface area contributed by atoms with E-state index >= 15 is 0 Å². The number of rotatable bonds is 4. The number of hydrogen-bond donors (Lipinski definition) is 1. The fourth-order valence-electron chi connectivity index (χ4n) is 2.08. The van der Waals surface area contributed by atoms with E-state index in [2.05, 4.69) is 9.97 Å². The van der Waals surface area contributed by atoms with Gasteiger partial charge in [-0.15, -0.1) is 0 Å². The van der Waals surface area contributed by atoms with Gasteiger partial charge in [0.1, 0.15) is 5.75 Å². The van der Waals surface area contributed by atoms with E-state index in [4.69, 9.17) is 10.5 Å². The number of fused-ring (bicyclic) bond motifs is 1. The van der Waals surface area contributed by atoms with Crippen molar-refractivity contribution in [1.82, 2.24) is 9.97 Å². The van der Waals surface area contributed by atoms with Gasteiger partial charge in [0.15, 0.2) is 0 Å². The predicted molar refractivity (Wildman–Crippen MR) is 79.6 cm³/mol. The van der Waals surface area contributed by atoms with Crippen LogP contribution in [-0.2, 0) is 6.42 Å². The first-order valence-corrected chi connectivity index (χ1v) is 6.50. The lowest BCUT2D eigenvalue weighted by Crippen LogP contribution is -2.03. The second kappa shape index (κ2) is 5.57. The highest BCUT2D eigenvalue weighted by atomic mass is 16.5. The third-order valence-electron chi connectivity index (χ3n) is 3.07. The van der Waals surface area contributed by atoms with E-state index in [-0.39, 0.29) is 0 Å². The second-order valence-corrected chi connectivity index (χ2v) is 4.51. The molecule has 0 saturated carbocycles. The molecule has 0 aliphatic heterocycles. The maximum Gasteiger partial charge on any atom is 0.130 e. The van der Waals surface area contributed by atoms with Crippen molar-refractivity contribution in [1.29, 1.82) is 0 Å². The topological polar surface area (TPSA) is 61.0 Å². The summed E-state index contributed by atoms with van der Waals surface area (Å²) in [5.74, 6) is 0.825. The summed E-state index contributed by atoms with van der Waals surface area (Å²) in [7, 11) is 0. The minimum Gasteiger partial charge on any atom is -0.492 e. The van der Waals surface area contributed by atoms with Gasteiger partial charge in [-0.25, -0.2) is 0 Å². The molecule has 20 heavy (non-hydrogen) atoms. The molecule has 3 rings (SSSR count). The zero-order valence-corrected chi connectivity index (χ0v) is 11.0. The molecule has 0 fully saturated rings. The van der Waals surface area contributed by atoms with Crippen LogP contribution >= 0.6 is 0 Å². The van der Waals surface area contributed by atoms with E-state index in [1.54, 1.807) is 12.4 Å². The number of anilines is 1. The molecule has 0 aliphatic rings. The third kappa shape index (κ3) is 2.69. The fourth-order valence-corrected chi connectivity index (χ4v) is 2.08. The summed E-state index contributed by atoms with van der Waals surface area (Å²) in [6.45, 7) is 0.584. The summed E-state index contributed by atoms with van der Waals surface area (Å²) >= 11 is 0. The van der Waals surface area contributed by atoms with E-state index in [0.29, 0.717) is 12.3 Å². The van der Waals surface area contributed by atoms with Gasteiger partial charge in [0.05, 0.1) is 12.1 Å². The van der Waals surface area contributed by atoms with Crippen LogP contribution in [0.15, 0.2) is 54.9 Å². The smallest absolute Gasteiger partial charge is 0.130 e. The summed E-state index contributed by atoms with van der Waals surface area (Å²) in [5.41, 5.74) is 8.34. The van der Waals surface area contributed by atoms with E-state index in [1.807, 2.05) is 42.5 Å². The number of nitrogen functional groups attached to an aromatic ring is 1. The highest BCUT2D eigenvalue weighted by Gasteiger charge is 2.03. The van der Waals surface area contributed by atoms with Crippen LogP contribution in [0.4, 0.5) is 5.69 Å². The molecular weight excluding hydrogens is 250 g/mol. The Labute approximate surface area is 117 Å². The Morgan fingerprint density at radius 2 is 1.95 bits per heavy atom. The molecule has 2 heterocycles. The molecule has 0 amide bonds. The standard InChI is InChI=1S/C16H15N3O/c17-12-4-5-14-15(11-12)19-9-6-16(14)20-10-7-13-3-1-2-8-18-13/h1-6,8-9,11H,7,10,17H2. The average molecular weight is 265 g/mol. The Morgan fingerprint density at radius 3 is 2.80 bits per heavy atom. The normalized spacial score (nSPS) is 10.6. The lowest BCUT2D eigenvalue weighted by molar-refractivity contribution is 0.324. The van der Waals surface area contributed by atoms with Crippen LogP contribution in [0.25, 0.3) is 10.9 Å². The average Bonchev–Trinajstić information content (AvgIpc) is 2.48. The molecule has 100 valence electrons. The number of ether oxygens (including phenoxy) is 1. The van der Waals surface area contributed by atoms with Crippen molar-refractivity contribution >= 4 is 16.6 Å². The van der Waals surface area contributed by atoms with Gasteiger partial charge in [-0.1, -0.05) is 6.07 Å². The Balaban J connectivity index is 1.74. The fraction of sp³-hybridized carbons (Fsp3) is 0.125. The SMILES string of the molecule is Nc1ccc2c(OCCc3ccccn3)ccnc2c1. The first kappa shape index (κ1) is 12.4. The highest BCUT2D eigenvalue weighted by molar-refractivity contribution is 5.87. The van der Waals surface area contributed by atoms with Crippen LogP contribution < -0.4 is 10.5 Å². The zero-order chi connectivity index (χ0) is 13.8. The predicted octanol–water partition coefficient (Wildman–Crippen LogP) is 2.83. The molecular formula is C16H15N3O. The van der Waals surface area contributed by atoms with E-state index in [0.717, 1.165) is 28.8 Å². The number of aromatic nitrogens is 2. The molecule has 0 aliphatic carbocycles. The number of pyridine rings is 2. The van der Waals surface area contributed by atoms with Crippen molar-refractivity contribution < 1.29 is 4.74 Å². The van der Waals surface area contributed by atoms with Crippen molar-refractivity contribution in [3.05, 3.63) is 60.6 Å². The molecule has 4 heteroatoms. The Bertz CT molecular complexity index is 713. The van der Waals surface area contributed by atoms with Crippen molar-refractivity contribution in [2.45, 2.75) is 6.42 Å². The van der Waals surface area contributed by atoms with E-state index in [1.165, 1.54) is 0 Å². The Hall–Kier alpha value is -2.62. The van der Waals surface area contributed by atoms with Gasteiger partial charge in [0.25, 0.3) is 0 Å². The Kier molecular flexibility index (Phi) is 3.46. The minimum atomic E-state index is 0.584. The van der Waals surface area contributed by atoms with Gasteiger partial charge in [0, 0.05) is 35.6 Å². The zero-order valence-electron chi connectivity index (χ0n) is 11.0. The van der Waals surface area contributed by atoms with Crippen LogP contribution in [0.3, 0.4) is 0 Å². The monoisotopic (exact) mass is 265 g/mol. The van der Waals surface area contributed by atoms with Crippen LogP contribution in [0.1, 0.15) is 5.69 Å². The maximum atomic E-state index is 5.84. The summed E-state index contributed by atoms with van der Waals surface area (Å²) < 4.78 is 5.84. The molecule has 2 N–H and O–H groups in total. The van der Waals surface area contributed by atoms with Gasteiger partial charge in [0.2, 0.25) is 0 Å². The largest absolute Gasteiger partial charge is 0.492 e. The molecule has 2 aromatic heterocycles. The number of benzene rings is 1. The van der Waals surface area contributed by atoms with Crippen LogP contribution in [0.2, 0.25) is 0 Å². The third-order valence-corrected chi connectivity index (χ3v) is 3.07. The quantitative estimate of drug-likeness (QED) is 0.737. The molecule has 1 aromatic carbocycles. The molecule has 0 bridgehead atoms. The van der Waals surface area contributed by atoms with E-state index < -0.39 is 0 Å². The van der Waals surface area contributed by atoms with Gasteiger partial charge >= 0.3 is 0 Å². The van der Waals surface area contributed by atoms with Gasteiger partial charge in [-0.05, 0) is 36.4 Å². The van der Waals surface area contributed by atoms with Crippen molar-refractivity contribution in [3.8, 4) is 5.75 Å². The number of nitrogens with zero attached hydrogens (tertiary/aromatic N) is 2. The molecule has 0 atom stereocenters. The molecule has 0 unspecified atom stereocenters. The van der Waals surface area contributed by atoms with Crippen molar-refractivity contribution in [2.24, 2.45) is 0 Å². The molecule has 0 saturated heterocycles. The lowest BCUT2D eigenvalue weighted by atomic mass is 10.2. The minimum absolute atomic E-state index is 0.584. The number of hydrogen-bond acceptors (Lipinski definition) is 4. The van der Waals surface area contributed by atoms with Gasteiger partial charge in [-0.2, -0.15) is 0 Å². The summed E-state index contributed by atoms with van der Waals surface area (Å²) in [6.07, 6.45) is 4.30. The van der Waals surface area contributed by atoms with Crippen LogP contribution in [0, 0.1) is 0 Å². The van der Waals surface area contributed by atoms with Crippen molar-refractivity contribution in [2.75, 3.05) is 12.3 Å². The van der Waals surface area contributed by atoms with Crippen LogP contribution in [0.5, 0.6) is 5.75 Å². The summed E-state index contributed by atoms with van der Waals surface area (Å²) in [6, 6.07) is 13.4. The summed E-state index contributed by atoms with van der Waals surface area (Å²) in [4.78, 5) is 8.57. The molecule has 4 nitrogen and oxygen atoms in total. The number of nitrogens with two attached hydrogens (primary N) is 1. The van der Waals surface area contributed by atoms with Crippen molar-refractivity contribution in [3.63, 3.8) is 0 Å². The molecule has 0 radical (unpaired) electrons. The van der Waals surface area contributed by atoms with E-state index in [9.17, 15) is 0 Å². The first-order valence-electron chi connectivity index (χ1n) is 6.50. The maximum absolute atomic E-state index is 5.84. The highest BCUT2D eigenvalue weighted by Crippen LogP contribution is 2.25. The van der Waals surface area contributed by atoms with Gasteiger partial charge < -0.3 is 10.5 Å². The van der Waals surface area contributed by atoms with Gasteiger partial charge in [-0.3, -0.25) is 9.97 Å². The Morgan fingerprint density at radius 1 is 1.00 bits per heavy atom. The summed E-state index contributed by atoms with van der Waals surface area (Å²) in [5, 5.41) is 0.975. The van der Waals surface area contributed by atoms with Crippen LogP contribution in [-0.4, -0.2) is 16.6 Å². The lowest BCUT2D eigenvalue weighted by Gasteiger charge is -2.09. The molecule has 3 aromatic rings. The molecule has 0 spiro atoms. The first-order chi connectivity index (χ1) is 9.83.